The minimum Gasteiger partial charge on any atom is -0.452 e. The molecule has 3 heterocycles. The highest BCUT2D eigenvalue weighted by atomic mass is 16.5. The largest absolute Gasteiger partial charge is 0.452 e. The highest BCUT2D eigenvalue weighted by Crippen LogP contribution is 2.35. The number of hydrogen-bond donors (Lipinski definition) is 0. The topological polar surface area (TPSA) is 26.3 Å². The molecule has 1 aromatic carbocycles. The summed E-state index contributed by atoms with van der Waals surface area (Å²) in [5.74, 6) is 0.424. The number of piperidine rings is 3. The van der Waals surface area contributed by atoms with Crippen LogP contribution in [0.15, 0.2) is 30.3 Å². The quantitative estimate of drug-likeness (QED) is 0.616. The number of quaternary nitrogens is 1. The third-order valence-corrected chi connectivity index (χ3v) is 4.98. The van der Waals surface area contributed by atoms with Crippen molar-refractivity contribution in [3.05, 3.63) is 35.9 Å². The van der Waals surface area contributed by atoms with Crippen molar-refractivity contribution in [1.29, 1.82) is 0 Å². The smallest absolute Gasteiger partial charge is 0.338 e. The number of likely N-dealkylation sites (N-methyl/N-ethyl adjacent to an activating group) is 1. The summed E-state index contributed by atoms with van der Waals surface area (Å²) in [5.41, 5.74) is 0.669. The normalized spacial score (nSPS) is 33.1. The molecule has 0 radical (unpaired) electrons. The Morgan fingerprint density at radius 3 is 2.58 bits per heavy atom. The molecule has 0 aromatic heterocycles. The maximum Gasteiger partial charge on any atom is 0.338 e. The first-order chi connectivity index (χ1) is 9.22. The zero-order valence-electron chi connectivity index (χ0n) is 11.5. The highest BCUT2D eigenvalue weighted by Gasteiger charge is 2.46. The molecule has 4 rings (SSSR count). The van der Waals surface area contributed by atoms with Gasteiger partial charge in [0.2, 0.25) is 0 Å². The van der Waals surface area contributed by atoms with Crippen molar-refractivity contribution >= 4 is 5.97 Å². The molecule has 3 aliphatic rings. The summed E-state index contributed by atoms with van der Waals surface area (Å²) in [7, 11) is 0. The fourth-order valence-corrected chi connectivity index (χ4v) is 3.58. The Morgan fingerprint density at radius 2 is 1.95 bits per heavy atom. The van der Waals surface area contributed by atoms with E-state index in [1.807, 2.05) is 30.3 Å². The molecule has 0 aliphatic carbocycles. The summed E-state index contributed by atoms with van der Waals surface area (Å²) >= 11 is 0. The molecular weight excluding hydrogens is 238 g/mol. The van der Waals surface area contributed by atoms with Crippen LogP contribution in [-0.4, -0.2) is 42.7 Å². The van der Waals surface area contributed by atoms with Gasteiger partial charge in [-0.2, -0.15) is 0 Å². The SMILES string of the molecule is CC[N+]12CCC(CC1)[C@@H](OC(=O)c1ccccc1)C2. The van der Waals surface area contributed by atoms with Gasteiger partial charge in [0.15, 0.2) is 6.10 Å². The molecule has 19 heavy (non-hydrogen) atoms. The van der Waals surface area contributed by atoms with E-state index in [-0.39, 0.29) is 12.1 Å². The molecule has 102 valence electrons. The first-order valence-corrected chi connectivity index (χ1v) is 7.33. The third kappa shape index (κ3) is 2.39. The van der Waals surface area contributed by atoms with Crippen LogP contribution in [-0.2, 0) is 4.74 Å². The lowest BCUT2D eigenvalue weighted by Gasteiger charge is -2.51. The summed E-state index contributed by atoms with van der Waals surface area (Å²) in [5, 5.41) is 0. The standard InChI is InChI=1S/C16H22NO2/c1-2-17-10-8-13(9-11-17)15(12-17)19-16(18)14-6-4-3-5-7-14/h3-7,13,15H,2,8-12H2,1H3/q+1/t13?,15-,17?/m0/s1. The summed E-state index contributed by atoms with van der Waals surface area (Å²) in [6.07, 6.45) is 2.54. The molecular formula is C16H22NO2+. The molecule has 0 unspecified atom stereocenters. The third-order valence-electron chi connectivity index (χ3n) is 4.98. The molecule has 1 aromatic rings. The molecule has 3 nitrogen and oxygen atoms in total. The van der Waals surface area contributed by atoms with Crippen molar-refractivity contribution in [1.82, 2.24) is 0 Å². The number of nitrogens with zero attached hydrogens (tertiary/aromatic N) is 1. The van der Waals surface area contributed by atoms with Crippen LogP contribution in [0.2, 0.25) is 0 Å². The predicted octanol–water partition coefficient (Wildman–Crippen LogP) is 2.47. The zero-order chi connectivity index (χ0) is 13.3. The first-order valence-electron chi connectivity index (χ1n) is 7.33. The van der Waals surface area contributed by atoms with Crippen LogP contribution in [0.4, 0.5) is 0 Å². The van der Waals surface area contributed by atoms with Gasteiger partial charge in [-0.3, -0.25) is 0 Å². The molecule has 0 N–H and O–H groups in total. The van der Waals surface area contributed by atoms with E-state index >= 15 is 0 Å². The minimum absolute atomic E-state index is 0.121. The van der Waals surface area contributed by atoms with Crippen LogP contribution in [0.25, 0.3) is 0 Å². The van der Waals surface area contributed by atoms with Crippen LogP contribution in [0.3, 0.4) is 0 Å². The average Bonchev–Trinajstić information content (AvgIpc) is 2.49. The molecule has 0 amide bonds. The fourth-order valence-electron chi connectivity index (χ4n) is 3.58. The van der Waals surface area contributed by atoms with Crippen LogP contribution < -0.4 is 0 Å². The predicted molar refractivity (Wildman–Crippen MR) is 73.8 cm³/mol. The van der Waals surface area contributed by atoms with Crippen molar-refractivity contribution in [3.63, 3.8) is 0 Å². The Labute approximate surface area is 114 Å². The fraction of sp³-hybridized carbons (Fsp3) is 0.562. The van der Waals surface area contributed by atoms with E-state index in [2.05, 4.69) is 6.92 Å². The van der Waals surface area contributed by atoms with Crippen LogP contribution in [0.5, 0.6) is 0 Å². The molecule has 2 bridgehead atoms. The van der Waals surface area contributed by atoms with Crippen molar-refractivity contribution in [2.75, 3.05) is 26.2 Å². The van der Waals surface area contributed by atoms with E-state index < -0.39 is 0 Å². The highest BCUT2D eigenvalue weighted by molar-refractivity contribution is 5.89. The Kier molecular flexibility index (Phi) is 3.31. The van der Waals surface area contributed by atoms with Crippen LogP contribution >= 0.6 is 0 Å². The van der Waals surface area contributed by atoms with Gasteiger partial charge in [-0.15, -0.1) is 0 Å². The Morgan fingerprint density at radius 1 is 1.26 bits per heavy atom. The van der Waals surface area contributed by atoms with Crippen LogP contribution in [0, 0.1) is 5.92 Å². The minimum atomic E-state index is -0.159. The van der Waals surface area contributed by atoms with Gasteiger partial charge >= 0.3 is 5.97 Å². The molecule has 1 atom stereocenters. The van der Waals surface area contributed by atoms with Gasteiger partial charge in [0, 0.05) is 18.8 Å². The van der Waals surface area contributed by atoms with E-state index in [1.165, 1.54) is 25.9 Å². The van der Waals surface area contributed by atoms with Crippen molar-refractivity contribution < 1.29 is 14.0 Å². The lowest BCUT2D eigenvalue weighted by Crippen LogP contribution is -2.64. The number of hydrogen-bond acceptors (Lipinski definition) is 2. The number of ether oxygens (including phenoxy) is 1. The lowest BCUT2D eigenvalue weighted by atomic mass is 9.83. The molecule has 3 aliphatic heterocycles. The van der Waals surface area contributed by atoms with Crippen LogP contribution in [0.1, 0.15) is 30.1 Å². The maximum absolute atomic E-state index is 12.2. The monoisotopic (exact) mass is 260 g/mol. The lowest BCUT2D eigenvalue weighted by molar-refractivity contribution is -0.944. The summed E-state index contributed by atoms with van der Waals surface area (Å²) in [6.45, 7) is 6.95. The van der Waals surface area contributed by atoms with Crippen molar-refractivity contribution in [3.8, 4) is 0 Å². The van der Waals surface area contributed by atoms with E-state index in [1.54, 1.807) is 0 Å². The Hall–Kier alpha value is -1.35. The summed E-state index contributed by atoms with van der Waals surface area (Å²) in [4.78, 5) is 12.2. The first kappa shape index (κ1) is 12.7. The van der Waals surface area contributed by atoms with Crippen molar-refractivity contribution in [2.45, 2.75) is 25.9 Å². The number of esters is 1. The van der Waals surface area contributed by atoms with Gasteiger partial charge in [-0.25, -0.2) is 4.79 Å². The van der Waals surface area contributed by atoms with E-state index in [0.29, 0.717) is 11.5 Å². The maximum atomic E-state index is 12.2. The van der Waals surface area contributed by atoms with Gasteiger partial charge in [-0.05, 0) is 19.1 Å². The zero-order valence-corrected chi connectivity index (χ0v) is 11.5. The van der Waals surface area contributed by atoms with E-state index in [4.69, 9.17) is 4.74 Å². The van der Waals surface area contributed by atoms with Gasteiger partial charge < -0.3 is 9.22 Å². The van der Waals surface area contributed by atoms with Gasteiger partial charge in [0.1, 0.15) is 6.54 Å². The Balaban J connectivity index is 1.69. The molecule has 0 saturated carbocycles. The number of fused-ring (bicyclic) bond motifs is 3. The summed E-state index contributed by atoms with van der Waals surface area (Å²) < 4.78 is 6.93. The number of rotatable bonds is 3. The molecule has 3 heteroatoms. The van der Waals surface area contributed by atoms with E-state index in [0.717, 1.165) is 17.6 Å². The number of benzene rings is 1. The van der Waals surface area contributed by atoms with Gasteiger partial charge in [0.05, 0.1) is 25.2 Å². The van der Waals surface area contributed by atoms with E-state index in [9.17, 15) is 4.79 Å². The second kappa shape index (κ2) is 4.97. The second-order valence-corrected chi connectivity index (χ2v) is 5.93. The number of carbonyl (C=O) groups is 1. The molecule has 0 spiro atoms. The Bertz CT molecular complexity index is 449. The molecule has 3 fully saturated rings. The van der Waals surface area contributed by atoms with Gasteiger partial charge in [-0.1, -0.05) is 18.2 Å². The average molecular weight is 260 g/mol. The van der Waals surface area contributed by atoms with Crippen molar-refractivity contribution in [2.24, 2.45) is 5.92 Å². The number of carbonyl (C=O) groups excluding carboxylic acids is 1. The summed E-state index contributed by atoms with van der Waals surface area (Å²) in [6, 6.07) is 9.34. The molecule has 3 saturated heterocycles. The second-order valence-electron chi connectivity index (χ2n) is 5.93. The van der Waals surface area contributed by atoms with Gasteiger partial charge in [0.25, 0.3) is 0 Å².